The standard InChI is InChI=1S/C12H25N3O2S/c1-11(2)15(10-12-4-5-12)18(16,17)14-8-3-6-13-7-9-14/h11-13H,3-10H2,1-2H3. The summed E-state index contributed by atoms with van der Waals surface area (Å²) in [5.74, 6) is 0.590. The molecule has 0 bridgehead atoms. The highest BCUT2D eigenvalue weighted by atomic mass is 32.2. The second-order valence-corrected chi connectivity index (χ2v) is 7.50. The molecular formula is C12H25N3O2S. The summed E-state index contributed by atoms with van der Waals surface area (Å²) in [6.07, 6.45) is 3.26. The van der Waals surface area contributed by atoms with E-state index in [1.165, 1.54) is 12.8 Å². The molecule has 0 aromatic carbocycles. The summed E-state index contributed by atoms with van der Waals surface area (Å²) in [7, 11) is -3.28. The van der Waals surface area contributed by atoms with Gasteiger partial charge in [0, 0.05) is 32.2 Å². The number of nitrogens with one attached hydrogen (secondary N) is 1. The van der Waals surface area contributed by atoms with Gasteiger partial charge in [-0.05, 0) is 45.6 Å². The van der Waals surface area contributed by atoms with E-state index in [1.54, 1.807) is 8.61 Å². The van der Waals surface area contributed by atoms with Crippen LogP contribution < -0.4 is 5.32 Å². The van der Waals surface area contributed by atoms with Gasteiger partial charge >= 0.3 is 0 Å². The minimum Gasteiger partial charge on any atom is -0.315 e. The van der Waals surface area contributed by atoms with Crippen LogP contribution in [0.5, 0.6) is 0 Å². The van der Waals surface area contributed by atoms with Crippen LogP contribution in [0.25, 0.3) is 0 Å². The molecule has 1 N–H and O–H groups in total. The van der Waals surface area contributed by atoms with E-state index in [1.807, 2.05) is 13.8 Å². The molecule has 18 heavy (non-hydrogen) atoms. The average molecular weight is 275 g/mol. The lowest BCUT2D eigenvalue weighted by Gasteiger charge is -2.31. The molecule has 5 nitrogen and oxygen atoms in total. The molecule has 2 aliphatic rings. The average Bonchev–Trinajstić information content (AvgIpc) is 3.12. The van der Waals surface area contributed by atoms with Gasteiger partial charge < -0.3 is 5.32 Å². The van der Waals surface area contributed by atoms with Crippen molar-refractivity contribution in [2.45, 2.75) is 39.2 Å². The first-order chi connectivity index (χ1) is 8.51. The van der Waals surface area contributed by atoms with Gasteiger partial charge in [-0.25, -0.2) is 0 Å². The van der Waals surface area contributed by atoms with Crippen molar-refractivity contribution >= 4 is 10.2 Å². The van der Waals surface area contributed by atoms with Gasteiger partial charge in [-0.3, -0.25) is 0 Å². The van der Waals surface area contributed by atoms with Gasteiger partial charge in [0.25, 0.3) is 10.2 Å². The van der Waals surface area contributed by atoms with E-state index in [4.69, 9.17) is 0 Å². The molecule has 0 spiro atoms. The molecule has 0 atom stereocenters. The minimum atomic E-state index is -3.28. The van der Waals surface area contributed by atoms with E-state index in [0.717, 1.165) is 19.5 Å². The highest BCUT2D eigenvalue weighted by molar-refractivity contribution is 7.86. The van der Waals surface area contributed by atoms with Crippen LogP contribution >= 0.6 is 0 Å². The molecule has 1 heterocycles. The van der Waals surface area contributed by atoms with Crippen molar-refractivity contribution in [1.82, 2.24) is 13.9 Å². The first-order valence-electron chi connectivity index (χ1n) is 6.99. The number of hydrogen-bond acceptors (Lipinski definition) is 3. The van der Waals surface area contributed by atoms with Crippen LogP contribution in [0, 0.1) is 5.92 Å². The molecule has 6 heteroatoms. The van der Waals surface area contributed by atoms with Crippen LogP contribution in [0.3, 0.4) is 0 Å². The van der Waals surface area contributed by atoms with Crippen molar-refractivity contribution < 1.29 is 8.42 Å². The van der Waals surface area contributed by atoms with E-state index in [9.17, 15) is 8.42 Å². The Kier molecular flexibility index (Phi) is 4.64. The third-order valence-corrected chi connectivity index (χ3v) is 5.81. The highest BCUT2D eigenvalue weighted by Gasteiger charge is 2.35. The molecule has 2 fully saturated rings. The zero-order valence-corrected chi connectivity index (χ0v) is 12.2. The molecule has 1 saturated carbocycles. The first-order valence-corrected chi connectivity index (χ1v) is 8.39. The van der Waals surface area contributed by atoms with Gasteiger partial charge in [-0.1, -0.05) is 0 Å². The van der Waals surface area contributed by atoms with Crippen molar-refractivity contribution in [2.24, 2.45) is 5.92 Å². The van der Waals surface area contributed by atoms with Crippen molar-refractivity contribution in [1.29, 1.82) is 0 Å². The molecule has 106 valence electrons. The van der Waals surface area contributed by atoms with Crippen LogP contribution in [0.4, 0.5) is 0 Å². The molecule has 1 saturated heterocycles. The van der Waals surface area contributed by atoms with Crippen LogP contribution in [-0.4, -0.2) is 55.8 Å². The van der Waals surface area contributed by atoms with Crippen molar-refractivity contribution in [3.8, 4) is 0 Å². The van der Waals surface area contributed by atoms with Crippen LogP contribution in [0.1, 0.15) is 33.1 Å². The maximum Gasteiger partial charge on any atom is 0.282 e. The Hall–Kier alpha value is -0.170. The lowest BCUT2D eigenvalue weighted by Crippen LogP contribution is -2.48. The fourth-order valence-corrected chi connectivity index (χ4v) is 4.24. The predicted octanol–water partition coefficient (Wildman–Crippen LogP) is 0.647. The van der Waals surface area contributed by atoms with Crippen molar-refractivity contribution in [3.05, 3.63) is 0 Å². The van der Waals surface area contributed by atoms with Gasteiger partial charge in [0.05, 0.1) is 0 Å². The topological polar surface area (TPSA) is 52.7 Å². The Morgan fingerprint density at radius 3 is 2.61 bits per heavy atom. The maximum absolute atomic E-state index is 12.7. The van der Waals surface area contributed by atoms with Crippen LogP contribution in [-0.2, 0) is 10.2 Å². The predicted molar refractivity (Wildman–Crippen MR) is 72.5 cm³/mol. The van der Waals surface area contributed by atoms with E-state index >= 15 is 0 Å². The second-order valence-electron chi connectivity index (χ2n) is 5.62. The molecule has 0 aromatic rings. The van der Waals surface area contributed by atoms with E-state index in [2.05, 4.69) is 5.32 Å². The fraction of sp³-hybridized carbons (Fsp3) is 1.00. The summed E-state index contributed by atoms with van der Waals surface area (Å²) in [6.45, 7) is 7.54. The normalized spacial score (nSPS) is 23.6. The van der Waals surface area contributed by atoms with Gasteiger partial charge in [-0.2, -0.15) is 17.0 Å². The summed E-state index contributed by atoms with van der Waals surface area (Å²) in [6, 6.07) is 0.0480. The SMILES string of the molecule is CC(C)N(CC1CC1)S(=O)(=O)N1CCCNCC1. The molecule has 0 unspecified atom stereocenters. The number of rotatable bonds is 5. The van der Waals surface area contributed by atoms with Crippen molar-refractivity contribution in [2.75, 3.05) is 32.7 Å². The molecule has 2 rings (SSSR count). The second kappa shape index (κ2) is 5.86. The highest BCUT2D eigenvalue weighted by Crippen LogP contribution is 2.31. The molecule has 1 aliphatic heterocycles. The summed E-state index contributed by atoms with van der Waals surface area (Å²) in [5.41, 5.74) is 0. The maximum atomic E-state index is 12.7. The fourth-order valence-electron chi connectivity index (χ4n) is 2.33. The van der Waals surface area contributed by atoms with Crippen LogP contribution in [0.2, 0.25) is 0 Å². The Labute approximate surface area is 111 Å². The minimum absolute atomic E-state index is 0.0480. The largest absolute Gasteiger partial charge is 0.315 e. The number of nitrogens with zero attached hydrogens (tertiary/aromatic N) is 2. The molecule has 0 radical (unpaired) electrons. The van der Waals surface area contributed by atoms with E-state index in [0.29, 0.717) is 25.6 Å². The summed E-state index contributed by atoms with van der Waals surface area (Å²) in [5, 5.41) is 3.25. The molecule has 0 amide bonds. The van der Waals surface area contributed by atoms with Gasteiger partial charge in [0.2, 0.25) is 0 Å². The Bertz CT molecular complexity index is 358. The molecular weight excluding hydrogens is 250 g/mol. The lowest BCUT2D eigenvalue weighted by atomic mass is 10.3. The van der Waals surface area contributed by atoms with Gasteiger partial charge in [0.15, 0.2) is 0 Å². The lowest BCUT2D eigenvalue weighted by molar-refractivity contribution is 0.300. The zero-order valence-electron chi connectivity index (χ0n) is 11.4. The smallest absolute Gasteiger partial charge is 0.282 e. The third-order valence-electron chi connectivity index (χ3n) is 3.63. The van der Waals surface area contributed by atoms with Crippen LogP contribution in [0.15, 0.2) is 0 Å². The monoisotopic (exact) mass is 275 g/mol. The summed E-state index contributed by atoms with van der Waals surface area (Å²) < 4.78 is 28.7. The van der Waals surface area contributed by atoms with Gasteiger partial charge in [-0.15, -0.1) is 0 Å². The first kappa shape index (κ1) is 14.2. The zero-order chi connectivity index (χ0) is 13.2. The van der Waals surface area contributed by atoms with Crippen molar-refractivity contribution in [3.63, 3.8) is 0 Å². The van der Waals surface area contributed by atoms with E-state index < -0.39 is 10.2 Å². The third kappa shape index (κ3) is 3.44. The molecule has 0 aromatic heterocycles. The number of hydrogen-bond donors (Lipinski definition) is 1. The Balaban J connectivity index is 2.09. The summed E-state index contributed by atoms with van der Waals surface area (Å²) >= 11 is 0. The van der Waals surface area contributed by atoms with E-state index in [-0.39, 0.29) is 6.04 Å². The Morgan fingerprint density at radius 1 is 1.28 bits per heavy atom. The quantitative estimate of drug-likeness (QED) is 0.801. The summed E-state index contributed by atoms with van der Waals surface area (Å²) in [4.78, 5) is 0. The Morgan fingerprint density at radius 2 is 2.00 bits per heavy atom. The van der Waals surface area contributed by atoms with Gasteiger partial charge in [0.1, 0.15) is 0 Å². The molecule has 1 aliphatic carbocycles.